The summed E-state index contributed by atoms with van der Waals surface area (Å²) in [5.74, 6) is -2.62. The lowest BCUT2D eigenvalue weighted by Crippen LogP contribution is -2.26. The average molecular weight is 538 g/mol. The molecule has 0 aliphatic carbocycles. The van der Waals surface area contributed by atoms with E-state index in [1.54, 1.807) is 23.2 Å². The van der Waals surface area contributed by atoms with Crippen LogP contribution >= 0.6 is 0 Å². The lowest BCUT2D eigenvalue weighted by atomic mass is 9.98. The van der Waals surface area contributed by atoms with Gasteiger partial charge in [0, 0.05) is 54.1 Å². The smallest absolute Gasteiger partial charge is 0.261 e. The zero-order valence-corrected chi connectivity index (χ0v) is 22.8. The van der Waals surface area contributed by atoms with Crippen molar-refractivity contribution < 1.29 is 8.78 Å². The number of rotatable bonds is 9. The van der Waals surface area contributed by atoms with Crippen molar-refractivity contribution in [1.82, 2.24) is 25.1 Å². The number of alkyl halides is 2. The minimum absolute atomic E-state index is 0.0964. The third kappa shape index (κ3) is 5.65. The van der Waals surface area contributed by atoms with E-state index in [0.29, 0.717) is 13.1 Å². The van der Waals surface area contributed by atoms with E-state index in [1.165, 1.54) is 0 Å². The van der Waals surface area contributed by atoms with Crippen molar-refractivity contribution in [3.8, 4) is 11.4 Å². The van der Waals surface area contributed by atoms with Crippen molar-refractivity contribution in [1.29, 1.82) is 0 Å². The van der Waals surface area contributed by atoms with Gasteiger partial charge in [0.1, 0.15) is 5.69 Å². The van der Waals surface area contributed by atoms with Gasteiger partial charge in [-0.25, -0.2) is 8.78 Å². The summed E-state index contributed by atoms with van der Waals surface area (Å²) in [6, 6.07) is 12.2. The number of aryl methyl sites for hydroxylation is 1. The van der Waals surface area contributed by atoms with Crippen LogP contribution in [-0.4, -0.2) is 50.6 Å². The molecule has 0 spiro atoms. The molecule has 0 unspecified atom stereocenters. The van der Waals surface area contributed by atoms with Crippen LogP contribution < -0.4 is 0 Å². The van der Waals surface area contributed by atoms with E-state index in [1.807, 2.05) is 62.5 Å². The number of allylic oxidation sites excluding steroid dienone is 5. The van der Waals surface area contributed by atoms with Gasteiger partial charge in [-0.2, -0.15) is 5.10 Å². The molecule has 1 fully saturated rings. The largest absolute Gasteiger partial charge is 0.357 e. The Morgan fingerprint density at radius 3 is 2.70 bits per heavy atom. The van der Waals surface area contributed by atoms with Crippen molar-refractivity contribution in [2.45, 2.75) is 26.2 Å². The molecule has 2 N–H and O–H groups in total. The Hall–Kier alpha value is -4.36. The topological polar surface area (TPSA) is 60.6 Å². The summed E-state index contributed by atoms with van der Waals surface area (Å²) in [6.07, 6.45) is 13.1. The summed E-state index contributed by atoms with van der Waals surface area (Å²) < 4.78 is 27.4. The number of likely N-dealkylation sites (tertiary alicyclic amines) is 1. The fraction of sp³-hybridized carbons (Fsp3) is 0.212. The Morgan fingerprint density at radius 2 is 2.02 bits per heavy atom. The van der Waals surface area contributed by atoms with Gasteiger partial charge in [0.25, 0.3) is 5.92 Å². The highest BCUT2D eigenvalue weighted by Gasteiger charge is 2.37. The number of nitrogens with one attached hydrogen (secondary N) is 2. The number of halogens is 2. The van der Waals surface area contributed by atoms with Gasteiger partial charge < -0.3 is 4.98 Å². The van der Waals surface area contributed by atoms with Gasteiger partial charge in [-0.1, -0.05) is 55.7 Å². The molecule has 4 aromatic rings. The second-order valence-corrected chi connectivity index (χ2v) is 10.1. The first-order valence-corrected chi connectivity index (χ1v) is 13.3. The van der Waals surface area contributed by atoms with Crippen molar-refractivity contribution in [2.24, 2.45) is 0 Å². The van der Waals surface area contributed by atoms with Crippen LogP contribution in [0.4, 0.5) is 8.78 Å². The fourth-order valence-corrected chi connectivity index (χ4v) is 5.25. The molecule has 1 aromatic carbocycles. The van der Waals surface area contributed by atoms with Gasteiger partial charge in [-0.15, -0.1) is 0 Å². The molecule has 5 rings (SSSR count). The molecule has 4 heterocycles. The van der Waals surface area contributed by atoms with Crippen LogP contribution in [0.15, 0.2) is 97.9 Å². The number of benzene rings is 1. The molecule has 0 atom stereocenters. The van der Waals surface area contributed by atoms with Crippen LogP contribution in [0.2, 0.25) is 0 Å². The van der Waals surface area contributed by atoms with E-state index in [0.717, 1.165) is 61.4 Å². The Balaban J connectivity index is 1.48. The molecule has 204 valence electrons. The number of aromatic nitrogens is 4. The van der Waals surface area contributed by atoms with Crippen molar-refractivity contribution in [3.05, 3.63) is 120 Å². The van der Waals surface area contributed by atoms with E-state index >= 15 is 0 Å². The third-order valence-corrected chi connectivity index (χ3v) is 7.28. The standard InChI is InChI=1S/C33H33F2N5/c1-5-9-27(26-10-8-14-36-19-26)28-18-31(37-22(28)4)32-29-17-25(11-12-30(29)38-39-32)24(7-3)16-23(6-2)20-40-15-13-33(34,35)21-40/h5-12,14,16-19,37H,1-2,13,15,20-21H2,3-4H3,(H,38,39)/b23-16+,24-7+,27-9-. The maximum absolute atomic E-state index is 13.7. The second-order valence-electron chi connectivity index (χ2n) is 10.1. The Labute approximate surface area is 233 Å². The van der Waals surface area contributed by atoms with E-state index < -0.39 is 5.92 Å². The number of H-pyrrole nitrogens is 2. The summed E-state index contributed by atoms with van der Waals surface area (Å²) in [7, 11) is 0. The van der Waals surface area contributed by atoms with E-state index in [2.05, 4.69) is 45.5 Å². The maximum atomic E-state index is 13.7. The molecule has 1 aliphatic rings. The van der Waals surface area contributed by atoms with Crippen LogP contribution in [0.1, 0.15) is 35.7 Å². The number of aromatic amines is 2. The van der Waals surface area contributed by atoms with E-state index in [4.69, 9.17) is 0 Å². The number of hydrogen-bond donors (Lipinski definition) is 2. The van der Waals surface area contributed by atoms with E-state index in [9.17, 15) is 8.78 Å². The van der Waals surface area contributed by atoms with Gasteiger partial charge in [0.2, 0.25) is 0 Å². The van der Waals surface area contributed by atoms with Crippen molar-refractivity contribution in [3.63, 3.8) is 0 Å². The Bertz CT molecular complexity index is 1640. The Kier molecular flexibility index (Phi) is 7.76. The second kappa shape index (κ2) is 11.4. The van der Waals surface area contributed by atoms with Crippen LogP contribution in [0, 0.1) is 6.92 Å². The fourth-order valence-electron chi connectivity index (χ4n) is 5.25. The van der Waals surface area contributed by atoms with Crippen LogP contribution in [-0.2, 0) is 0 Å². The number of fused-ring (bicyclic) bond motifs is 1. The van der Waals surface area contributed by atoms with Crippen LogP contribution in [0.3, 0.4) is 0 Å². The first-order valence-electron chi connectivity index (χ1n) is 13.3. The van der Waals surface area contributed by atoms with E-state index in [-0.39, 0.29) is 13.0 Å². The normalized spacial score (nSPS) is 16.6. The lowest BCUT2D eigenvalue weighted by molar-refractivity contribution is 0.0131. The average Bonchev–Trinajstić information content (AvgIpc) is 3.65. The molecule has 0 saturated carbocycles. The molecule has 0 radical (unpaired) electrons. The number of pyridine rings is 1. The van der Waals surface area contributed by atoms with Crippen molar-refractivity contribution in [2.75, 3.05) is 19.6 Å². The maximum Gasteiger partial charge on any atom is 0.261 e. The van der Waals surface area contributed by atoms with Gasteiger partial charge in [0.05, 0.1) is 17.8 Å². The molecule has 40 heavy (non-hydrogen) atoms. The highest BCUT2D eigenvalue weighted by Crippen LogP contribution is 2.34. The molecule has 0 amide bonds. The Morgan fingerprint density at radius 1 is 1.18 bits per heavy atom. The molecule has 1 saturated heterocycles. The van der Waals surface area contributed by atoms with Crippen LogP contribution in [0.5, 0.6) is 0 Å². The molecular formula is C33H33F2N5. The zero-order valence-electron chi connectivity index (χ0n) is 22.8. The molecule has 3 aromatic heterocycles. The SMILES string of the molecule is C=C/C=C(/c1cccnc1)c1cc(-c2n[nH]c3ccc(C(/C=C(\C=C)CN4CCC(F)(F)C4)=C/C)cc23)[nH]c1C. The summed E-state index contributed by atoms with van der Waals surface area (Å²) in [5, 5.41) is 8.78. The number of hydrogen-bond acceptors (Lipinski definition) is 3. The van der Waals surface area contributed by atoms with Crippen molar-refractivity contribution >= 4 is 22.0 Å². The molecule has 5 nitrogen and oxygen atoms in total. The van der Waals surface area contributed by atoms with Gasteiger partial charge in [0.15, 0.2) is 0 Å². The van der Waals surface area contributed by atoms with Crippen LogP contribution in [0.25, 0.3) is 33.4 Å². The minimum Gasteiger partial charge on any atom is -0.357 e. The lowest BCUT2D eigenvalue weighted by Gasteiger charge is -2.16. The third-order valence-electron chi connectivity index (χ3n) is 7.28. The monoisotopic (exact) mass is 537 g/mol. The van der Waals surface area contributed by atoms with Gasteiger partial charge in [-0.05, 0) is 60.4 Å². The molecule has 0 bridgehead atoms. The summed E-state index contributed by atoms with van der Waals surface area (Å²) in [4.78, 5) is 9.58. The summed E-state index contributed by atoms with van der Waals surface area (Å²) in [5.41, 5.74) is 9.63. The first-order chi connectivity index (χ1) is 19.3. The first kappa shape index (κ1) is 27.2. The predicted octanol–water partition coefficient (Wildman–Crippen LogP) is 7.74. The molecule has 7 heteroatoms. The quantitative estimate of drug-likeness (QED) is 0.215. The van der Waals surface area contributed by atoms with Gasteiger partial charge in [-0.3, -0.25) is 15.0 Å². The minimum atomic E-state index is -2.62. The highest BCUT2D eigenvalue weighted by atomic mass is 19.3. The predicted molar refractivity (Wildman–Crippen MR) is 160 cm³/mol. The molecule has 1 aliphatic heterocycles. The summed E-state index contributed by atoms with van der Waals surface area (Å²) >= 11 is 0. The summed E-state index contributed by atoms with van der Waals surface area (Å²) in [6.45, 7) is 12.5. The number of nitrogens with zero attached hydrogens (tertiary/aromatic N) is 3. The molecular weight excluding hydrogens is 504 g/mol. The zero-order chi connectivity index (χ0) is 28.3. The highest BCUT2D eigenvalue weighted by molar-refractivity contribution is 5.96. The van der Waals surface area contributed by atoms with Gasteiger partial charge >= 0.3 is 0 Å².